The molecule has 0 saturated carbocycles. The molecule has 0 atom stereocenters. The van der Waals surface area contributed by atoms with Crippen LogP contribution in [-0.4, -0.2) is 55.8 Å². The number of hydrogen-bond donors (Lipinski definition) is 1. The lowest BCUT2D eigenvalue weighted by Gasteiger charge is -2.29. The summed E-state index contributed by atoms with van der Waals surface area (Å²) in [5.74, 6) is 0. The summed E-state index contributed by atoms with van der Waals surface area (Å²) in [6, 6.07) is 24.0. The van der Waals surface area contributed by atoms with Gasteiger partial charge in [-0.05, 0) is 98.1 Å². The highest BCUT2D eigenvalue weighted by Gasteiger charge is 2.18. The number of unbranched alkanes of at least 4 members (excludes halogenated alkanes) is 5. The molecular formula is C45H65N6+. The van der Waals surface area contributed by atoms with Crippen LogP contribution < -0.4 is 20.4 Å². The molecule has 1 aliphatic carbocycles. The third kappa shape index (κ3) is 11.6. The normalized spacial score (nSPS) is 12.4. The Kier molecular flexibility index (Phi) is 16.4. The molecule has 3 aromatic carbocycles. The summed E-state index contributed by atoms with van der Waals surface area (Å²) in [5.41, 5.74) is 16.3. The predicted octanol–water partition coefficient (Wildman–Crippen LogP) is 11.6. The molecule has 6 heteroatoms. The molecule has 0 saturated heterocycles. The summed E-state index contributed by atoms with van der Waals surface area (Å²) in [6.45, 7) is 16.7. The van der Waals surface area contributed by atoms with Crippen LogP contribution in [0.3, 0.4) is 0 Å². The second-order valence-corrected chi connectivity index (χ2v) is 13.9. The van der Waals surface area contributed by atoms with Crippen molar-refractivity contribution in [2.24, 2.45) is 4.99 Å². The fraction of sp³-hybridized carbons (Fsp3) is 0.467. The first-order valence-electron chi connectivity index (χ1n) is 19.8. The van der Waals surface area contributed by atoms with E-state index in [1.54, 1.807) is 0 Å². The van der Waals surface area contributed by atoms with Crippen LogP contribution in [-0.2, 0) is 0 Å². The molecule has 274 valence electrons. The van der Waals surface area contributed by atoms with Gasteiger partial charge in [0, 0.05) is 74.4 Å². The Balaban J connectivity index is 1.65. The van der Waals surface area contributed by atoms with Crippen molar-refractivity contribution >= 4 is 51.2 Å². The Morgan fingerprint density at radius 3 is 1.59 bits per heavy atom. The van der Waals surface area contributed by atoms with Crippen LogP contribution in [0.15, 0.2) is 96.0 Å². The van der Waals surface area contributed by atoms with E-state index >= 15 is 0 Å². The van der Waals surface area contributed by atoms with Crippen LogP contribution >= 0.6 is 0 Å². The summed E-state index contributed by atoms with van der Waals surface area (Å²) >= 11 is 0. The number of nitrogens with zero attached hydrogens (tertiary/aromatic N) is 5. The lowest BCUT2D eigenvalue weighted by Crippen LogP contribution is -2.25. The topological polar surface area (TPSA) is 51.1 Å². The van der Waals surface area contributed by atoms with Gasteiger partial charge < -0.3 is 20.4 Å². The smallest absolute Gasteiger partial charge is 0.200 e. The molecule has 0 heterocycles. The van der Waals surface area contributed by atoms with Crippen LogP contribution in [0.5, 0.6) is 0 Å². The quantitative estimate of drug-likeness (QED) is 0.0687. The maximum Gasteiger partial charge on any atom is 0.200 e. The zero-order chi connectivity index (χ0) is 36.4. The number of hydrogen-bond acceptors (Lipinski definition) is 5. The first-order chi connectivity index (χ1) is 24.9. The maximum absolute atomic E-state index is 6.87. The Morgan fingerprint density at radius 2 is 1.06 bits per heavy atom. The Bertz CT molecular complexity index is 1560. The van der Waals surface area contributed by atoms with Crippen molar-refractivity contribution in [3.63, 3.8) is 0 Å². The zero-order valence-electron chi connectivity index (χ0n) is 32.6. The van der Waals surface area contributed by atoms with Crippen molar-refractivity contribution in [1.82, 2.24) is 0 Å². The van der Waals surface area contributed by atoms with Gasteiger partial charge in [0.2, 0.25) is 0 Å². The average Bonchev–Trinajstić information content (AvgIpc) is 3.16. The molecule has 2 N–H and O–H groups in total. The molecule has 0 radical (unpaired) electrons. The minimum absolute atomic E-state index is 0.758. The molecule has 3 aromatic rings. The minimum Gasteiger partial charge on any atom is -0.397 e. The van der Waals surface area contributed by atoms with Crippen molar-refractivity contribution in [3.05, 3.63) is 91.0 Å². The Morgan fingerprint density at radius 1 is 0.569 bits per heavy atom. The van der Waals surface area contributed by atoms with Gasteiger partial charge in [-0.25, -0.2) is 9.57 Å². The highest BCUT2D eigenvalue weighted by Crippen LogP contribution is 2.40. The highest BCUT2D eigenvalue weighted by atomic mass is 15.2. The third-order valence-electron chi connectivity index (χ3n) is 9.72. The van der Waals surface area contributed by atoms with E-state index in [0.29, 0.717) is 0 Å². The number of allylic oxidation sites excluding steroid dienone is 4. The summed E-state index contributed by atoms with van der Waals surface area (Å²) < 4.78 is 2.52. The van der Waals surface area contributed by atoms with E-state index in [1.165, 1.54) is 69.2 Å². The standard InChI is InChI=1S/C45H65N6/c1-7-12-31-48(6)43-29-30-45(44(46)36-43)51(42-27-25-40(26-28-42)50(34-15-10-4)35-16-11-5)41-23-19-38(20-24-41)47-37-17-21-39(22-18-37)49(32-13-8-2)33-14-9-3/h17-30,36H,7-16,31-35,46H2,1-6H3/q+1. The second-order valence-electron chi connectivity index (χ2n) is 13.9. The maximum atomic E-state index is 6.87. The molecule has 0 aliphatic heterocycles. The van der Waals surface area contributed by atoms with E-state index < -0.39 is 0 Å². The first kappa shape index (κ1) is 39.5. The molecule has 0 unspecified atom stereocenters. The van der Waals surface area contributed by atoms with Crippen molar-refractivity contribution < 1.29 is 4.58 Å². The van der Waals surface area contributed by atoms with Crippen molar-refractivity contribution in [2.75, 3.05) is 60.2 Å². The second kappa shape index (κ2) is 21.1. The van der Waals surface area contributed by atoms with Gasteiger partial charge in [0.25, 0.3) is 0 Å². The van der Waals surface area contributed by atoms with Gasteiger partial charge in [-0.15, -0.1) is 0 Å². The van der Waals surface area contributed by atoms with Crippen molar-refractivity contribution in [1.29, 1.82) is 0 Å². The van der Waals surface area contributed by atoms with E-state index in [1.807, 2.05) is 0 Å². The predicted molar refractivity (Wildman–Crippen MR) is 226 cm³/mol. The van der Waals surface area contributed by atoms with Gasteiger partial charge in [0.1, 0.15) is 13.1 Å². The highest BCUT2D eigenvalue weighted by molar-refractivity contribution is 6.17. The van der Waals surface area contributed by atoms with E-state index in [4.69, 9.17) is 10.7 Å². The van der Waals surface area contributed by atoms with Crippen LogP contribution in [0.4, 0.5) is 39.8 Å². The fourth-order valence-electron chi connectivity index (χ4n) is 6.45. The number of nitrogens with two attached hydrogens (primary N) is 1. The number of aliphatic imine (C=N–C) groups is 1. The molecule has 4 rings (SSSR count). The molecule has 6 nitrogen and oxygen atoms in total. The number of anilines is 6. The van der Waals surface area contributed by atoms with E-state index in [2.05, 4.69) is 152 Å². The van der Waals surface area contributed by atoms with Crippen LogP contribution in [0.25, 0.3) is 0 Å². The van der Waals surface area contributed by atoms with E-state index in [9.17, 15) is 0 Å². The van der Waals surface area contributed by atoms with Gasteiger partial charge >= 0.3 is 0 Å². The van der Waals surface area contributed by atoms with Crippen LogP contribution in [0.1, 0.15) is 98.8 Å². The Labute approximate surface area is 310 Å². The Hall–Kier alpha value is -4.32. The summed E-state index contributed by atoms with van der Waals surface area (Å²) in [5, 5.41) is 0. The van der Waals surface area contributed by atoms with Crippen LogP contribution in [0, 0.1) is 0 Å². The monoisotopic (exact) mass is 690 g/mol. The molecule has 0 fully saturated rings. The number of benzene rings is 3. The molecule has 51 heavy (non-hydrogen) atoms. The van der Waals surface area contributed by atoms with Crippen molar-refractivity contribution in [3.8, 4) is 0 Å². The molecule has 0 spiro atoms. The minimum atomic E-state index is 0.758. The fourth-order valence-corrected chi connectivity index (χ4v) is 6.45. The lowest BCUT2D eigenvalue weighted by molar-refractivity contribution is -0.527. The molecule has 0 aromatic heterocycles. The van der Waals surface area contributed by atoms with Gasteiger partial charge in [-0.1, -0.05) is 66.7 Å². The third-order valence-corrected chi connectivity index (χ3v) is 9.72. The summed E-state index contributed by atoms with van der Waals surface area (Å²) in [4.78, 5) is 12.1. The molecular weight excluding hydrogens is 625 g/mol. The van der Waals surface area contributed by atoms with Gasteiger partial charge in [0.05, 0.1) is 22.8 Å². The number of rotatable bonds is 21. The van der Waals surface area contributed by atoms with Gasteiger partial charge in [0.15, 0.2) is 5.71 Å². The summed E-state index contributed by atoms with van der Waals surface area (Å²) in [7, 11) is 2.15. The lowest BCUT2D eigenvalue weighted by atomic mass is 10.1. The average molecular weight is 690 g/mol. The van der Waals surface area contributed by atoms with Gasteiger partial charge in [-0.2, -0.15) is 0 Å². The first-order valence-corrected chi connectivity index (χ1v) is 19.8. The molecule has 1 aliphatic rings. The van der Waals surface area contributed by atoms with Crippen LogP contribution in [0.2, 0.25) is 0 Å². The van der Waals surface area contributed by atoms with Crippen molar-refractivity contribution in [2.45, 2.75) is 98.8 Å². The SMILES string of the molecule is CCCCN(C)c1ccc(N(c2ccc(N=C3C=CC(=[N+](CCCC)CCCC)C=C3)cc2)c2ccc(N(CCCC)CCCC)cc2)c(N)c1. The number of nitrogen functional groups attached to an aromatic ring is 1. The summed E-state index contributed by atoms with van der Waals surface area (Å²) in [6.07, 6.45) is 20.7. The molecule has 0 amide bonds. The largest absolute Gasteiger partial charge is 0.397 e. The zero-order valence-corrected chi connectivity index (χ0v) is 32.6. The van der Waals surface area contributed by atoms with Gasteiger partial charge in [-0.3, -0.25) is 0 Å². The van der Waals surface area contributed by atoms with E-state index in [-0.39, 0.29) is 0 Å². The van der Waals surface area contributed by atoms with E-state index in [0.717, 1.165) is 79.0 Å². The molecule has 0 bridgehead atoms.